The Labute approximate surface area is 232 Å². The van der Waals surface area contributed by atoms with Crippen LogP contribution in [0.1, 0.15) is 54.2 Å². The van der Waals surface area contributed by atoms with Gasteiger partial charge >= 0.3 is 0 Å². The Bertz CT molecular complexity index is 1630. The summed E-state index contributed by atoms with van der Waals surface area (Å²) >= 11 is 12.3. The van der Waals surface area contributed by atoms with E-state index < -0.39 is 0 Å². The fourth-order valence-electron chi connectivity index (χ4n) is 5.53. The molecule has 6 heteroatoms. The lowest BCUT2D eigenvalue weighted by Crippen LogP contribution is -2.15. The molecule has 0 spiro atoms. The van der Waals surface area contributed by atoms with Crippen LogP contribution in [0.25, 0.3) is 28.0 Å². The second-order valence-electron chi connectivity index (χ2n) is 10.3. The number of amides is 1. The molecule has 0 bridgehead atoms. The van der Waals surface area contributed by atoms with Gasteiger partial charge in [-0.25, -0.2) is 0 Å². The van der Waals surface area contributed by atoms with Crippen LogP contribution in [0, 0.1) is 0 Å². The van der Waals surface area contributed by atoms with Gasteiger partial charge in [0.2, 0.25) is 0 Å². The quantitative estimate of drug-likeness (QED) is 0.236. The molecular weight excluding hydrogens is 513 g/mol. The molecule has 0 unspecified atom stereocenters. The Balaban J connectivity index is 1.58. The van der Waals surface area contributed by atoms with Crippen LogP contribution in [0.3, 0.4) is 0 Å². The average Bonchev–Trinajstić information content (AvgIpc) is 3.33. The lowest BCUT2D eigenvalue weighted by molar-refractivity contribution is 0.102. The first-order chi connectivity index (χ1) is 18.4. The van der Waals surface area contributed by atoms with Gasteiger partial charge < -0.3 is 9.88 Å². The topological polar surface area (TPSA) is 38.4 Å². The van der Waals surface area contributed by atoms with E-state index in [0.29, 0.717) is 27.3 Å². The second-order valence-corrected chi connectivity index (χ2v) is 11.1. The molecule has 0 fully saturated rings. The molecule has 38 heavy (non-hydrogen) atoms. The van der Waals surface area contributed by atoms with E-state index in [0.717, 1.165) is 53.8 Å². The molecule has 0 radical (unpaired) electrons. The fraction of sp³-hybridized carbons (Fsp3) is 0.219. The first-order valence-corrected chi connectivity index (χ1v) is 13.9. The van der Waals surface area contributed by atoms with E-state index in [2.05, 4.69) is 58.6 Å². The maximum Gasteiger partial charge on any atom is 0.273 e. The zero-order valence-corrected chi connectivity index (χ0v) is 23.0. The van der Waals surface area contributed by atoms with Crippen LogP contribution in [-0.4, -0.2) is 14.9 Å². The summed E-state index contributed by atoms with van der Waals surface area (Å²) in [5, 5.41) is 4.46. The van der Waals surface area contributed by atoms with Crippen molar-refractivity contribution >= 4 is 40.4 Å². The summed E-state index contributed by atoms with van der Waals surface area (Å²) < 4.78 is 4.47. The minimum absolute atomic E-state index is 0.142. The standard InChI is InChI=1S/C32H29Cl2N3O/c1-20(2)21-6-8-23(9-7-21)29-27-5-3-4-18-36-28(22-10-12-24(33)13-11-22)19-37(32(27)36)30(29)31(38)35-26-16-14-25(34)15-17-26/h6-17,19-20H,3-5,18H2,1-2H3,(H,35,38). The molecule has 0 saturated heterocycles. The van der Waals surface area contributed by atoms with Crippen molar-refractivity contribution in [3.8, 4) is 22.4 Å². The molecule has 5 aromatic rings. The number of benzene rings is 3. The minimum atomic E-state index is -0.142. The number of hydrogen-bond acceptors (Lipinski definition) is 1. The number of aromatic nitrogens is 2. The normalized spacial score (nSPS) is 13.2. The molecule has 3 heterocycles. The predicted molar refractivity (Wildman–Crippen MR) is 158 cm³/mol. The maximum atomic E-state index is 14.0. The SMILES string of the molecule is CC(C)c1ccc(-c2c3c4n(c(-c5ccc(Cl)cc5)cn4c2C(=O)Nc2ccc(Cl)cc2)CCCC3)cc1. The van der Waals surface area contributed by atoms with Gasteiger partial charge in [-0.05, 0) is 78.3 Å². The predicted octanol–water partition coefficient (Wildman–Crippen LogP) is 9.09. The van der Waals surface area contributed by atoms with Crippen molar-refractivity contribution in [2.75, 3.05) is 5.32 Å². The number of hydrogen-bond donors (Lipinski definition) is 1. The Morgan fingerprint density at radius 2 is 1.47 bits per heavy atom. The summed E-state index contributed by atoms with van der Waals surface area (Å²) in [5.74, 6) is 0.301. The highest BCUT2D eigenvalue weighted by atomic mass is 35.5. The number of nitrogens with zero attached hydrogens (tertiary/aromatic N) is 2. The fourth-order valence-corrected chi connectivity index (χ4v) is 5.78. The number of nitrogens with one attached hydrogen (secondary N) is 1. The van der Waals surface area contributed by atoms with E-state index >= 15 is 0 Å². The van der Waals surface area contributed by atoms with E-state index in [1.807, 2.05) is 36.4 Å². The summed E-state index contributed by atoms with van der Waals surface area (Å²) in [6, 6.07) is 23.8. The van der Waals surface area contributed by atoms with Gasteiger partial charge in [0.1, 0.15) is 11.3 Å². The van der Waals surface area contributed by atoms with Crippen LogP contribution in [0.2, 0.25) is 10.0 Å². The lowest BCUT2D eigenvalue weighted by atomic mass is 9.95. The molecule has 2 aromatic heterocycles. The Hall–Kier alpha value is -3.47. The van der Waals surface area contributed by atoms with Gasteiger partial charge in [0.05, 0.1) is 5.69 Å². The summed E-state index contributed by atoms with van der Waals surface area (Å²) in [7, 11) is 0. The highest BCUT2D eigenvalue weighted by Gasteiger charge is 2.29. The molecule has 1 aliphatic heterocycles. The van der Waals surface area contributed by atoms with Crippen molar-refractivity contribution in [1.82, 2.24) is 8.97 Å². The van der Waals surface area contributed by atoms with E-state index in [-0.39, 0.29) is 5.91 Å². The van der Waals surface area contributed by atoms with Crippen LogP contribution in [0.15, 0.2) is 79.0 Å². The van der Waals surface area contributed by atoms with Crippen LogP contribution >= 0.6 is 23.2 Å². The maximum absolute atomic E-state index is 14.0. The van der Waals surface area contributed by atoms with Crippen molar-refractivity contribution in [2.45, 2.75) is 45.6 Å². The van der Waals surface area contributed by atoms with Gasteiger partial charge in [-0.15, -0.1) is 0 Å². The molecule has 1 amide bonds. The van der Waals surface area contributed by atoms with Crippen molar-refractivity contribution in [2.24, 2.45) is 0 Å². The molecule has 0 atom stereocenters. The van der Waals surface area contributed by atoms with E-state index in [9.17, 15) is 4.79 Å². The second kappa shape index (κ2) is 10.0. The highest BCUT2D eigenvalue weighted by molar-refractivity contribution is 6.31. The van der Waals surface area contributed by atoms with Gasteiger partial charge in [-0.3, -0.25) is 9.20 Å². The molecule has 192 valence electrons. The Morgan fingerprint density at radius 3 is 2.13 bits per heavy atom. The summed E-state index contributed by atoms with van der Waals surface area (Å²) in [6.07, 6.45) is 5.17. The van der Waals surface area contributed by atoms with Gasteiger partial charge in [0, 0.05) is 39.6 Å². The molecule has 0 saturated carbocycles. The number of anilines is 1. The highest BCUT2D eigenvalue weighted by Crippen LogP contribution is 2.40. The van der Waals surface area contributed by atoms with E-state index in [1.165, 1.54) is 11.1 Å². The number of halogens is 2. The number of carbonyl (C=O) groups is 1. The molecule has 1 aliphatic rings. The molecular formula is C32H29Cl2N3O. The number of aryl methyl sites for hydroxylation is 2. The van der Waals surface area contributed by atoms with Crippen molar-refractivity contribution < 1.29 is 4.79 Å². The first-order valence-electron chi connectivity index (χ1n) is 13.1. The number of rotatable bonds is 5. The number of carbonyl (C=O) groups excluding carboxylic acids is 1. The zero-order valence-electron chi connectivity index (χ0n) is 21.5. The summed E-state index contributed by atoms with van der Waals surface area (Å²) in [6.45, 7) is 5.29. The smallest absolute Gasteiger partial charge is 0.273 e. The molecule has 1 N–H and O–H groups in total. The Morgan fingerprint density at radius 1 is 0.842 bits per heavy atom. The molecule has 4 nitrogen and oxygen atoms in total. The minimum Gasteiger partial charge on any atom is -0.325 e. The largest absolute Gasteiger partial charge is 0.325 e. The van der Waals surface area contributed by atoms with Crippen molar-refractivity contribution in [3.63, 3.8) is 0 Å². The average molecular weight is 543 g/mol. The van der Waals surface area contributed by atoms with Gasteiger partial charge in [0.25, 0.3) is 5.91 Å². The van der Waals surface area contributed by atoms with Gasteiger partial charge in [0.15, 0.2) is 0 Å². The first kappa shape index (κ1) is 24.8. The van der Waals surface area contributed by atoms with Crippen LogP contribution in [0.5, 0.6) is 0 Å². The summed E-state index contributed by atoms with van der Waals surface area (Å²) in [4.78, 5) is 14.0. The lowest BCUT2D eigenvalue weighted by Gasteiger charge is -2.12. The van der Waals surface area contributed by atoms with Crippen LogP contribution in [-0.2, 0) is 13.0 Å². The van der Waals surface area contributed by atoms with E-state index in [1.54, 1.807) is 12.1 Å². The third-order valence-corrected chi connectivity index (χ3v) is 7.96. The van der Waals surface area contributed by atoms with Gasteiger partial charge in [-0.1, -0.05) is 73.4 Å². The Kier molecular flexibility index (Phi) is 6.55. The van der Waals surface area contributed by atoms with E-state index in [4.69, 9.17) is 23.2 Å². The third-order valence-electron chi connectivity index (χ3n) is 7.46. The monoisotopic (exact) mass is 541 g/mol. The van der Waals surface area contributed by atoms with Crippen molar-refractivity contribution in [1.29, 1.82) is 0 Å². The third kappa shape index (κ3) is 4.42. The van der Waals surface area contributed by atoms with Crippen LogP contribution in [0.4, 0.5) is 5.69 Å². The zero-order chi connectivity index (χ0) is 26.4. The molecule has 0 aliphatic carbocycles. The molecule has 3 aromatic carbocycles. The van der Waals surface area contributed by atoms with Crippen LogP contribution < -0.4 is 5.32 Å². The van der Waals surface area contributed by atoms with Crippen molar-refractivity contribution in [3.05, 3.63) is 106 Å². The molecule has 6 rings (SSSR count). The van der Waals surface area contributed by atoms with Gasteiger partial charge in [-0.2, -0.15) is 0 Å². The number of imidazole rings is 1. The summed E-state index contributed by atoms with van der Waals surface area (Å²) in [5.41, 5.74) is 9.21.